The standard InChI is InChI=1S/C19H21ClN4O2S/c1-5-8-24-17(26)14-9-13(20)6-7-15(14)22-18(24)27-10-16(25)23-19(4,11-21)12(2)3/h5-7,9,12H,1,8,10H2,2-4H3,(H,23,25)/t19-/m1/s1. The van der Waals surface area contributed by atoms with Crippen molar-refractivity contribution in [3.63, 3.8) is 0 Å². The molecule has 0 unspecified atom stereocenters. The van der Waals surface area contributed by atoms with Crippen LogP contribution < -0.4 is 10.9 Å². The summed E-state index contributed by atoms with van der Waals surface area (Å²) in [5.41, 5.74) is -0.683. The molecule has 0 spiro atoms. The molecule has 142 valence electrons. The molecule has 0 aliphatic rings. The summed E-state index contributed by atoms with van der Waals surface area (Å²) in [6, 6.07) is 7.05. The molecule has 6 nitrogen and oxygen atoms in total. The first-order valence-corrected chi connectivity index (χ1v) is 9.74. The number of thioether (sulfide) groups is 1. The number of halogens is 1. The zero-order chi connectivity index (χ0) is 20.2. The third-order valence-electron chi connectivity index (χ3n) is 4.31. The van der Waals surface area contributed by atoms with E-state index >= 15 is 0 Å². The molecule has 1 aromatic carbocycles. The maximum Gasteiger partial charge on any atom is 0.262 e. The van der Waals surface area contributed by atoms with E-state index in [1.807, 2.05) is 13.8 Å². The van der Waals surface area contributed by atoms with E-state index in [1.54, 1.807) is 31.2 Å². The van der Waals surface area contributed by atoms with Crippen LogP contribution in [0.2, 0.25) is 5.02 Å². The molecule has 0 saturated heterocycles. The molecule has 27 heavy (non-hydrogen) atoms. The van der Waals surface area contributed by atoms with E-state index in [-0.39, 0.29) is 29.7 Å². The van der Waals surface area contributed by atoms with Crippen LogP contribution in [0.4, 0.5) is 0 Å². The van der Waals surface area contributed by atoms with Gasteiger partial charge in [-0.3, -0.25) is 14.2 Å². The Morgan fingerprint density at radius 1 is 1.56 bits per heavy atom. The highest BCUT2D eigenvalue weighted by atomic mass is 35.5. The summed E-state index contributed by atoms with van der Waals surface area (Å²) in [7, 11) is 0. The van der Waals surface area contributed by atoms with Gasteiger partial charge in [0.15, 0.2) is 5.16 Å². The van der Waals surface area contributed by atoms with Crippen molar-refractivity contribution in [2.24, 2.45) is 5.92 Å². The van der Waals surface area contributed by atoms with Crippen molar-refractivity contribution >= 4 is 40.2 Å². The van der Waals surface area contributed by atoms with Crippen LogP contribution >= 0.6 is 23.4 Å². The Labute approximate surface area is 167 Å². The minimum atomic E-state index is -0.952. The largest absolute Gasteiger partial charge is 0.337 e. The van der Waals surface area contributed by atoms with Crippen molar-refractivity contribution in [1.82, 2.24) is 14.9 Å². The number of carbonyl (C=O) groups excluding carboxylic acids is 1. The average Bonchev–Trinajstić information content (AvgIpc) is 2.63. The number of amides is 1. The number of rotatable bonds is 7. The number of nitriles is 1. The van der Waals surface area contributed by atoms with Crippen molar-refractivity contribution < 1.29 is 4.79 Å². The normalized spacial score (nSPS) is 13.2. The summed E-state index contributed by atoms with van der Waals surface area (Å²) in [4.78, 5) is 29.6. The van der Waals surface area contributed by atoms with Gasteiger partial charge in [0.05, 0.1) is 22.7 Å². The van der Waals surface area contributed by atoms with Crippen molar-refractivity contribution in [2.45, 2.75) is 38.0 Å². The molecule has 2 rings (SSSR count). The molecule has 0 fully saturated rings. The van der Waals surface area contributed by atoms with Crippen LogP contribution in [-0.2, 0) is 11.3 Å². The molecule has 0 saturated carbocycles. The minimum absolute atomic E-state index is 0.0344. The highest BCUT2D eigenvalue weighted by Gasteiger charge is 2.30. The van der Waals surface area contributed by atoms with Gasteiger partial charge in [-0.15, -0.1) is 6.58 Å². The first-order valence-electron chi connectivity index (χ1n) is 8.38. The Balaban J connectivity index is 2.30. The van der Waals surface area contributed by atoms with E-state index in [2.05, 4.69) is 22.9 Å². The summed E-state index contributed by atoms with van der Waals surface area (Å²) in [6.45, 7) is 9.36. The minimum Gasteiger partial charge on any atom is -0.337 e. The van der Waals surface area contributed by atoms with Gasteiger partial charge < -0.3 is 5.32 Å². The third-order valence-corrected chi connectivity index (χ3v) is 5.52. The highest BCUT2D eigenvalue weighted by Crippen LogP contribution is 2.21. The molecule has 8 heteroatoms. The van der Waals surface area contributed by atoms with E-state index in [9.17, 15) is 14.9 Å². The molecule has 1 N–H and O–H groups in total. The van der Waals surface area contributed by atoms with Gasteiger partial charge in [-0.25, -0.2) is 4.98 Å². The predicted molar refractivity (Wildman–Crippen MR) is 109 cm³/mol. The summed E-state index contributed by atoms with van der Waals surface area (Å²) >= 11 is 7.12. The second-order valence-corrected chi connectivity index (χ2v) is 7.94. The monoisotopic (exact) mass is 404 g/mol. The van der Waals surface area contributed by atoms with Gasteiger partial charge in [0, 0.05) is 11.6 Å². The second kappa shape index (κ2) is 8.59. The van der Waals surface area contributed by atoms with Crippen LogP contribution in [-0.4, -0.2) is 26.8 Å². The first-order chi connectivity index (χ1) is 12.7. The molecular formula is C19H21ClN4O2S. The van der Waals surface area contributed by atoms with Crippen LogP contribution in [0.3, 0.4) is 0 Å². The topological polar surface area (TPSA) is 87.8 Å². The van der Waals surface area contributed by atoms with E-state index < -0.39 is 5.54 Å². The number of hydrogen-bond donors (Lipinski definition) is 1. The summed E-state index contributed by atoms with van der Waals surface area (Å²) < 4.78 is 1.45. The number of carbonyl (C=O) groups is 1. The number of aromatic nitrogens is 2. The average molecular weight is 405 g/mol. The van der Waals surface area contributed by atoms with Crippen LogP contribution in [0.15, 0.2) is 40.8 Å². The Morgan fingerprint density at radius 3 is 2.85 bits per heavy atom. The molecule has 1 heterocycles. The SMILES string of the molecule is C=CCn1c(SCC(=O)N[C@](C)(C#N)C(C)C)nc2ccc(Cl)cc2c1=O. The van der Waals surface area contributed by atoms with E-state index in [0.29, 0.717) is 21.1 Å². The Morgan fingerprint density at radius 2 is 2.26 bits per heavy atom. The van der Waals surface area contributed by atoms with Gasteiger partial charge in [-0.05, 0) is 31.0 Å². The van der Waals surface area contributed by atoms with Crippen LogP contribution in [0.25, 0.3) is 10.9 Å². The summed E-state index contributed by atoms with van der Waals surface area (Å²) in [6.07, 6.45) is 1.59. The predicted octanol–water partition coefficient (Wildman–Crippen LogP) is 3.38. The van der Waals surface area contributed by atoms with E-state index in [0.717, 1.165) is 11.8 Å². The Kier molecular flexibility index (Phi) is 6.68. The third kappa shape index (κ3) is 4.71. The van der Waals surface area contributed by atoms with E-state index in [1.165, 1.54) is 4.57 Å². The molecular weight excluding hydrogens is 384 g/mol. The lowest BCUT2D eigenvalue weighted by Gasteiger charge is -2.27. The first kappa shape index (κ1) is 21.0. The van der Waals surface area contributed by atoms with Gasteiger partial charge in [-0.1, -0.05) is 43.3 Å². The lowest BCUT2D eigenvalue weighted by Crippen LogP contribution is -2.49. The van der Waals surface area contributed by atoms with Crippen LogP contribution in [0.1, 0.15) is 20.8 Å². The fourth-order valence-corrected chi connectivity index (χ4v) is 3.31. The summed E-state index contributed by atoms with van der Waals surface area (Å²) in [5.74, 6) is -0.306. The molecule has 0 aliphatic carbocycles. The van der Waals surface area contributed by atoms with Crippen molar-refractivity contribution in [3.8, 4) is 6.07 Å². The smallest absolute Gasteiger partial charge is 0.262 e. The van der Waals surface area contributed by atoms with Crippen LogP contribution in [0.5, 0.6) is 0 Å². The number of allylic oxidation sites excluding steroid dienone is 1. The maximum absolute atomic E-state index is 12.8. The molecule has 2 aromatic rings. The van der Waals surface area contributed by atoms with Gasteiger partial charge in [-0.2, -0.15) is 5.26 Å². The zero-order valence-corrected chi connectivity index (χ0v) is 17.0. The maximum atomic E-state index is 12.8. The van der Waals surface area contributed by atoms with Gasteiger partial charge >= 0.3 is 0 Å². The fraction of sp³-hybridized carbons (Fsp3) is 0.368. The molecule has 0 aliphatic heterocycles. The quantitative estimate of drug-likeness (QED) is 0.434. The summed E-state index contributed by atoms with van der Waals surface area (Å²) in [5, 5.41) is 13.4. The number of nitrogens with one attached hydrogen (secondary N) is 1. The van der Waals surface area contributed by atoms with Gasteiger partial charge in [0.1, 0.15) is 5.54 Å². The molecule has 1 aromatic heterocycles. The molecule has 1 amide bonds. The lowest BCUT2D eigenvalue weighted by molar-refractivity contribution is -0.120. The number of nitrogens with zero attached hydrogens (tertiary/aromatic N) is 3. The van der Waals surface area contributed by atoms with Crippen LogP contribution in [0, 0.1) is 17.2 Å². The molecule has 1 atom stereocenters. The number of benzene rings is 1. The Bertz CT molecular complexity index is 980. The van der Waals surface area contributed by atoms with Crippen molar-refractivity contribution in [1.29, 1.82) is 5.26 Å². The fourth-order valence-electron chi connectivity index (χ4n) is 2.33. The lowest BCUT2D eigenvalue weighted by atomic mass is 9.90. The molecule has 0 bridgehead atoms. The zero-order valence-electron chi connectivity index (χ0n) is 15.5. The highest BCUT2D eigenvalue weighted by molar-refractivity contribution is 7.99. The van der Waals surface area contributed by atoms with Crippen molar-refractivity contribution in [2.75, 3.05) is 5.75 Å². The van der Waals surface area contributed by atoms with Crippen molar-refractivity contribution in [3.05, 3.63) is 46.2 Å². The van der Waals surface area contributed by atoms with Gasteiger partial charge in [0.25, 0.3) is 5.56 Å². The van der Waals surface area contributed by atoms with Gasteiger partial charge in [0.2, 0.25) is 5.91 Å². The van der Waals surface area contributed by atoms with E-state index in [4.69, 9.17) is 11.6 Å². The number of fused-ring (bicyclic) bond motifs is 1. The second-order valence-electron chi connectivity index (χ2n) is 6.57. The Hall–Kier alpha value is -2.30. The number of hydrogen-bond acceptors (Lipinski definition) is 5. The molecule has 0 radical (unpaired) electrons.